The lowest BCUT2D eigenvalue weighted by Crippen LogP contribution is -2.72. The van der Waals surface area contributed by atoms with Gasteiger partial charge in [0.25, 0.3) is 0 Å². The molecule has 2 heterocycles. The Balaban J connectivity index is 0.00000220. The van der Waals surface area contributed by atoms with Gasteiger partial charge < -0.3 is 10.2 Å². The van der Waals surface area contributed by atoms with E-state index >= 15 is 0 Å². The van der Waals surface area contributed by atoms with Gasteiger partial charge >= 0.3 is 0 Å². The van der Waals surface area contributed by atoms with Gasteiger partial charge in [0.2, 0.25) is 0 Å². The summed E-state index contributed by atoms with van der Waals surface area (Å²) in [6.45, 7) is 13.9. The van der Waals surface area contributed by atoms with E-state index in [-0.39, 0.29) is 29.5 Å². The Hall–Kier alpha value is -0.790. The van der Waals surface area contributed by atoms with Gasteiger partial charge in [-0.3, -0.25) is 4.68 Å². The largest absolute Gasteiger partial charge is 0.356 e. The molecule has 1 aromatic heterocycles. The van der Waals surface area contributed by atoms with Crippen molar-refractivity contribution in [1.29, 1.82) is 0 Å². The van der Waals surface area contributed by atoms with Crippen molar-refractivity contribution in [3.8, 4) is 0 Å². The minimum atomic E-state index is 0. The Labute approximate surface area is 145 Å². The Kier molecular flexibility index (Phi) is 5.69. The smallest absolute Gasteiger partial charge is 0.194 e. The van der Waals surface area contributed by atoms with Gasteiger partial charge in [-0.05, 0) is 26.8 Å². The lowest BCUT2D eigenvalue weighted by Gasteiger charge is -2.62. The highest BCUT2D eigenvalue weighted by atomic mass is 127. The predicted octanol–water partition coefficient (Wildman–Crippen LogP) is 2.62. The van der Waals surface area contributed by atoms with E-state index in [1.165, 1.54) is 0 Å². The van der Waals surface area contributed by atoms with Crippen LogP contribution in [0, 0.1) is 5.41 Å². The highest BCUT2D eigenvalue weighted by Crippen LogP contribution is 2.46. The van der Waals surface area contributed by atoms with Crippen molar-refractivity contribution >= 4 is 29.9 Å². The van der Waals surface area contributed by atoms with Gasteiger partial charge in [0.15, 0.2) is 5.96 Å². The summed E-state index contributed by atoms with van der Waals surface area (Å²) < 4.78 is 1.87. The summed E-state index contributed by atoms with van der Waals surface area (Å²) in [6.07, 6.45) is 1.81. The van der Waals surface area contributed by atoms with Crippen molar-refractivity contribution in [3.05, 3.63) is 18.0 Å². The molecule has 6 heteroatoms. The number of aryl methyl sites for hydroxylation is 1. The van der Waals surface area contributed by atoms with E-state index in [1.807, 2.05) is 24.0 Å². The number of aliphatic imine (C=N–C) groups is 1. The maximum absolute atomic E-state index is 4.77. The zero-order valence-corrected chi connectivity index (χ0v) is 16.3. The van der Waals surface area contributed by atoms with Gasteiger partial charge in [-0.15, -0.1) is 24.0 Å². The van der Waals surface area contributed by atoms with Crippen LogP contribution in [0.25, 0.3) is 0 Å². The minimum Gasteiger partial charge on any atom is -0.356 e. The van der Waals surface area contributed by atoms with Crippen molar-refractivity contribution in [2.45, 2.75) is 46.7 Å². The molecule has 5 nitrogen and oxygen atoms in total. The Morgan fingerprint density at radius 1 is 1.38 bits per heavy atom. The second kappa shape index (κ2) is 6.54. The number of likely N-dealkylation sites (tertiary alicyclic amines) is 1. The molecule has 0 aromatic carbocycles. The fourth-order valence-electron chi connectivity index (χ4n) is 2.51. The first kappa shape index (κ1) is 18.3. The van der Waals surface area contributed by atoms with Crippen LogP contribution in [0.15, 0.2) is 17.3 Å². The molecule has 2 rings (SSSR count). The van der Waals surface area contributed by atoms with Gasteiger partial charge in [-0.1, -0.05) is 13.8 Å². The minimum absolute atomic E-state index is 0. The molecule has 1 fully saturated rings. The number of hydrogen-bond acceptors (Lipinski definition) is 2. The topological polar surface area (TPSA) is 45.5 Å². The van der Waals surface area contributed by atoms with Crippen molar-refractivity contribution in [1.82, 2.24) is 20.0 Å². The molecule has 0 atom stereocenters. The van der Waals surface area contributed by atoms with Crippen LogP contribution in [-0.2, 0) is 13.6 Å². The van der Waals surface area contributed by atoms with E-state index in [2.05, 4.69) is 49.9 Å². The first-order valence-electron chi connectivity index (χ1n) is 7.32. The number of rotatable bonds is 3. The van der Waals surface area contributed by atoms with Crippen molar-refractivity contribution < 1.29 is 0 Å². The molecule has 0 unspecified atom stereocenters. The van der Waals surface area contributed by atoms with Crippen LogP contribution in [0.2, 0.25) is 0 Å². The Morgan fingerprint density at radius 3 is 2.48 bits per heavy atom. The summed E-state index contributed by atoms with van der Waals surface area (Å²) in [5.74, 6) is 0.998. The molecule has 0 radical (unpaired) electrons. The molecule has 1 aliphatic rings. The summed E-state index contributed by atoms with van der Waals surface area (Å²) >= 11 is 0. The first-order chi connectivity index (χ1) is 9.29. The molecule has 21 heavy (non-hydrogen) atoms. The number of guanidine groups is 1. The second-order valence-electron chi connectivity index (χ2n) is 6.65. The maximum Gasteiger partial charge on any atom is 0.194 e. The van der Waals surface area contributed by atoms with Crippen LogP contribution in [-0.4, -0.2) is 39.3 Å². The van der Waals surface area contributed by atoms with Crippen LogP contribution >= 0.6 is 24.0 Å². The quantitative estimate of drug-likeness (QED) is 0.478. The van der Waals surface area contributed by atoms with Crippen LogP contribution in [0.1, 0.15) is 40.3 Å². The normalized spacial score (nSPS) is 19.7. The lowest BCUT2D eigenvalue weighted by molar-refractivity contribution is -0.0667. The zero-order chi connectivity index (χ0) is 15.0. The first-order valence-corrected chi connectivity index (χ1v) is 7.32. The number of hydrogen-bond donors (Lipinski definition) is 1. The number of aromatic nitrogens is 2. The third-order valence-corrected chi connectivity index (χ3v) is 4.79. The fraction of sp³-hybridized carbons (Fsp3) is 0.733. The van der Waals surface area contributed by atoms with Gasteiger partial charge in [-0.25, -0.2) is 4.99 Å². The van der Waals surface area contributed by atoms with Gasteiger partial charge in [0.05, 0.1) is 12.2 Å². The highest BCUT2D eigenvalue weighted by molar-refractivity contribution is 14.0. The maximum atomic E-state index is 4.77. The molecule has 1 aliphatic heterocycles. The van der Waals surface area contributed by atoms with Crippen LogP contribution in [0.3, 0.4) is 0 Å². The number of nitrogens with one attached hydrogen (secondary N) is 1. The highest BCUT2D eigenvalue weighted by Gasteiger charge is 2.53. The van der Waals surface area contributed by atoms with Gasteiger partial charge in [0.1, 0.15) is 0 Å². The van der Waals surface area contributed by atoms with Crippen molar-refractivity contribution in [2.24, 2.45) is 17.5 Å². The molecule has 0 aliphatic carbocycles. The van der Waals surface area contributed by atoms with Crippen molar-refractivity contribution in [2.75, 3.05) is 13.1 Å². The molecule has 1 aromatic rings. The van der Waals surface area contributed by atoms with Crippen LogP contribution in [0.5, 0.6) is 0 Å². The third kappa shape index (κ3) is 3.35. The zero-order valence-electron chi connectivity index (χ0n) is 14.0. The Morgan fingerprint density at radius 2 is 2.05 bits per heavy atom. The average Bonchev–Trinajstić information content (AvgIpc) is 2.77. The molecular formula is C15H28IN5. The molecule has 0 spiro atoms. The van der Waals surface area contributed by atoms with Gasteiger partial charge in [-0.2, -0.15) is 5.10 Å². The lowest BCUT2D eigenvalue weighted by atomic mass is 9.65. The van der Waals surface area contributed by atoms with E-state index in [4.69, 9.17) is 4.99 Å². The summed E-state index contributed by atoms with van der Waals surface area (Å²) in [5.41, 5.74) is 1.56. The van der Waals surface area contributed by atoms with Crippen LogP contribution < -0.4 is 5.32 Å². The number of nitrogens with zero attached hydrogens (tertiary/aromatic N) is 4. The van der Waals surface area contributed by atoms with E-state index in [9.17, 15) is 0 Å². The SMILES string of the molecule is CCNC(=NCc1ccnn1C)N1CC(C)(C)C1(C)C.I. The summed E-state index contributed by atoms with van der Waals surface area (Å²) in [6, 6.07) is 2.01. The van der Waals surface area contributed by atoms with E-state index in [1.54, 1.807) is 0 Å². The molecule has 120 valence electrons. The van der Waals surface area contributed by atoms with Crippen LogP contribution in [0.4, 0.5) is 0 Å². The van der Waals surface area contributed by atoms with Gasteiger partial charge in [0, 0.05) is 37.3 Å². The molecule has 0 saturated carbocycles. The predicted molar refractivity (Wildman–Crippen MR) is 98.0 cm³/mol. The average molecular weight is 405 g/mol. The second-order valence-corrected chi connectivity index (χ2v) is 6.65. The van der Waals surface area contributed by atoms with Crippen molar-refractivity contribution in [3.63, 3.8) is 0 Å². The third-order valence-electron chi connectivity index (χ3n) is 4.79. The fourth-order valence-corrected chi connectivity index (χ4v) is 2.51. The van der Waals surface area contributed by atoms with E-state index in [0.717, 1.165) is 24.7 Å². The van der Waals surface area contributed by atoms with E-state index in [0.29, 0.717) is 12.0 Å². The molecule has 1 N–H and O–H groups in total. The monoisotopic (exact) mass is 405 g/mol. The summed E-state index contributed by atoms with van der Waals surface area (Å²) in [5, 5.41) is 7.59. The summed E-state index contributed by atoms with van der Waals surface area (Å²) in [7, 11) is 1.95. The summed E-state index contributed by atoms with van der Waals surface area (Å²) in [4.78, 5) is 7.14. The molecule has 0 amide bonds. The number of halogens is 1. The molecule has 1 saturated heterocycles. The molecular weight excluding hydrogens is 377 g/mol. The standard InChI is InChI=1S/C15H27N5.HI/c1-7-16-13(17-10-12-8-9-18-19(12)6)20-11-14(2,3)15(20,4)5;/h8-9H,7,10-11H2,1-6H3,(H,16,17);1H. The van der Waals surface area contributed by atoms with E-state index < -0.39 is 0 Å². The molecule has 0 bridgehead atoms. The Bertz CT molecular complexity index is 504.